The number of benzene rings is 1. The molecule has 0 heterocycles. The summed E-state index contributed by atoms with van der Waals surface area (Å²) in [7, 11) is -0.0337. The van der Waals surface area contributed by atoms with Crippen LogP contribution in [0.5, 0.6) is 0 Å². The van der Waals surface area contributed by atoms with Crippen LogP contribution < -0.4 is 0 Å². The van der Waals surface area contributed by atoms with E-state index in [0.717, 1.165) is 5.56 Å². The summed E-state index contributed by atoms with van der Waals surface area (Å²) in [4.78, 5) is 0. The van der Waals surface area contributed by atoms with Crippen LogP contribution in [0.25, 0.3) is 6.08 Å². The minimum atomic E-state index is -0.262. The maximum atomic E-state index is 12.3. The molecule has 0 aliphatic carbocycles. The largest absolute Gasteiger partial charge is 0.270 e. The predicted molar refractivity (Wildman–Crippen MR) is 43.0 cm³/mol. The molecule has 11 heavy (non-hydrogen) atoms. The zero-order valence-corrected chi connectivity index (χ0v) is 6.59. The van der Waals surface area contributed by atoms with E-state index in [1.54, 1.807) is 18.2 Å². The van der Waals surface area contributed by atoms with Gasteiger partial charge in [0.2, 0.25) is 0 Å². The summed E-state index contributed by atoms with van der Waals surface area (Å²) >= 11 is 0. The maximum absolute atomic E-state index is 12.3. The lowest BCUT2D eigenvalue weighted by Gasteiger charge is -1.89. The fraction of sp³-hybridized carbons (Fsp3) is 0. The van der Waals surface area contributed by atoms with Crippen molar-refractivity contribution in [1.29, 1.82) is 0 Å². The Morgan fingerprint density at radius 3 is 2.45 bits per heavy atom. The second-order valence-corrected chi connectivity index (χ2v) is 2.48. The molecule has 1 aromatic rings. The van der Waals surface area contributed by atoms with Crippen LogP contribution in [0.3, 0.4) is 0 Å². The van der Waals surface area contributed by atoms with Gasteiger partial charge in [-0.05, 0) is 23.8 Å². The first-order valence-corrected chi connectivity index (χ1v) is 3.95. The average Bonchev–Trinajstić information content (AvgIpc) is 2.04. The third-order valence-electron chi connectivity index (χ3n) is 1.20. The second kappa shape index (κ2) is 3.99. The van der Waals surface area contributed by atoms with E-state index >= 15 is 0 Å². The summed E-state index contributed by atoms with van der Waals surface area (Å²) in [5.74, 6) is 1.20. The van der Waals surface area contributed by atoms with Crippen LogP contribution in [0, 0.1) is 5.82 Å². The third kappa shape index (κ3) is 2.60. The van der Waals surface area contributed by atoms with Gasteiger partial charge >= 0.3 is 0 Å². The molecule has 1 nitrogen and oxygen atoms in total. The molecule has 1 aromatic carbocycles. The van der Waals surface area contributed by atoms with Crippen molar-refractivity contribution in [3.63, 3.8) is 0 Å². The summed E-state index contributed by atoms with van der Waals surface area (Å²) in [5, 5.41) is 0. The molecule has 0 saturated carbocycles. The molecule has 0 N–H and O–H groups in total. The lowest BCUT2D eigenvalue weighted by molar-refractivity contribution is 0.603. The Hall–Kier alpha value is -1.01. The molecule has 0 unspecified atom stereocenters. The maximum Gasteiger partial charge on any atom is 0.184 e. The number of hydrogen-bond acceptors (Lipinski definition) is 1. The Bertz CT molecular complexity index is 266. The van der Waals surface area contributed by atoms with E-state index in [0.29, 0.717) is 0 Å². The molecule has 0 aromatic heterocycles. The van der Waals surface area contributed by atoms with Crippen LogP contribution in [-0.2, 0) is 4.57 Å². The van der Waals surface area contributed by atoms with Gasteiger partial charge in [0, 0.05) is 5.82 Å². The Kier molecular flexibility index (Phi) is 2.94. The van der Waals surface area contributed by atoms with Crippen molar-refractivity contribution in [3.8, 4) is 0 Å². The fourth-order valence-electron chi connectivity index (χ4n) is 0.690. The highest BCUT2D eigenvalue weighted by molar-refractivity contribution is 7.28. The van der Waals surface area contributed by atoms with Crippen molar-refractivity contribution in [1.82, 2.24) is 0 Å². The zero-order chi connectivity index (χ0) is 8.10. The van der Waals surface area contributed by atoms with E-state index in [9.17, 15) is 8.96 Å². The number of rotatable bonds is 2. The van der Waals surface area contributed by atoms with Gasteiger partial charge in [0.25, 0.3) is 0 Å². The first kappa shape index (κ1) is 8.09. The summed E-state index contributed by atoms with van der Waals surface area (Å²) in [5.41, 5.74) is 0.842. The Morgan fingerprint density at radius 1 is 1.27 bits per heavy atom. The van der Waals surface area contributed by atoms with E-state index in [1.165, 1.54) is 17.9 Å². The SMILES string of the molecule is O=PC=Cc1ccc(F)cc1. The second-order valence-electron chi connectivity index (χ2n) is 1.97. The molecule has 0 saturated heterocycles. The zero-order valence-electron chi connectivity index (χ0n) is 5.70. The van der Waals surface area contributed by atoms with Crippen LogP contribution in [-0.4, -0.2) is 0 Å². The Morgan fingerprint density at radius 2 is 1.91 bits per heavy atom. The first-order valence-electron chi connectivity index (χ1n) is 3.07. The van der Waals surface area contributed by atoms with E-state index in [1.807, 2.05) is 0 Å². The van der Waals surface area contributed by atoms with E-state index < -0.39 is 0 Å². The van der Waals surface area contributed by atoms with Gasteiger partial charge < -0.3 is 0 Å². The van der Waals surface area contributed by atoms with Crippen LogP contribution >= 0.6 is 8.46 Å². The Balaban J connectivity index is 2.81. The van der Waals surface area contributed by atoms with Gasteiger partial charge in [-0.25, -0.2) is 4.39 Å². The normalized spacial score (nSPS) is 11.0. The monoisotopic (exact) mass is 168 g/mol. The van der Waals surface area contributed by atoms with E-state index in [-0.39, 0.29) is 14.3 Å². The smallest absolute Gasteiger partial charge is 0.184 e. The summed E-state index contributed by atoms with van der Waals surface area (Å²) in [6.07, 6.45) is 1.66. The quantitative estimate of drug-likeness (QED) is 0.620. The molecule has 0 amide bonds. The molecule has 56 valence electrons. The van der Waals surface area contributed by atoms with Gasteiger partial charge in [-0.2, -0.15) is 0 Å². The van der Waals surface area contributed by atoms with Gasteiger partial charge in [-0.3, -0.25) is 4.57 Å². The van der Waals surface area contributed by atoms with Crippen LogP contribution in [0.4, 0.5) is 4.39 Å². The summed E-state index contributed by atoms with van der Waals surface area (Å²) in [6.45, 7) is 0. The van der Waals surface area contributed by atoms with Crippen LogP contribution in [0.15, 0.2) is 30.1 Å². The Labute approximate surface area is 65.8 Å². The lowest BCUT2D eigenvalue weighted by atomic mass is 10.2. The van der Waals surface area contributed by atoms with Crippen LogP contribution in [0.2, 0.25) is 0 Å². The lowest BCUT2D eigenvalue weighted by Crippen LogP contribution is -1.72. The van der Waals surface area contributed by atoms with Gasteiger partial charge in [0.05, 0.1) is 0 Å². The topological polar surface area (TPSA) is 17.1 Å². The van der Waals surface area contributed by atoms with Gasteiger partial charge in [0.1, 0.15) is 5.82 Å². The first-order chi connectivity index (χ1) is 5.33. The van der Waals surface area contributed by atoms with E-state index in [4.69, 9.17) is 0 Å². The van der Waals surface area contributed by atoms with Crippen molar-refractivity contribution in [2.75, 3.05) is 0 Å². The molecule has 0 bridgehead atoms. The predicted octanol–water partition coefficient (Wildman–Crippen LogP) is 3.09. The molecule has 0 spiro atoms. The molecular weight excluding hydrogens is 162 g/mol. The molecule has 0 radical (unpaired) electrons. The van der Waals surface area contributed by atoms with Crippen molar-refractivity contribution in [2.24, 2.45) is 0 Å². The molecule has 1 rings (SSSR count). The van der Waals surface area contributed by atoms with Gasteiger partial charge in [-0.15, -0.1) is 0 Å². The minimum absolute atomic E-state index is 0.0337. The highest BCUT2D eigenvalue weighted by atomic mass is 31.1. The van der Waals surface area contributed by atoms with Crippen molar-refractivity contribution >= 4 is 14.5 Å². The number of halogens is 1. The third-order valence-corrected chi connectivity index (χ3v) is 1.47. The van der Waals surface area contributed by atoms with Gasteiger partial charge in [-0.1, -0.05) is 12.1 Å². The van der Waals surface area contributed by atoms with Crippen LogP contribution in [0.1, 0.15) is 5.56 Å². The minimum Gasteiger partial charge on any atom is -0.270 e. The molecule has 0 fully saturated rings. The molecule has 3 heteroatoms. The molecule has 0 atom stereocenters. The van der Waals surface area contributed by atoms with Crippen molar-refractivity contribution in [3.05, 3.63) is 41.5 Å². The highest BCUT2D eigenvalue weighted by Crippen LogP contribution is 2.06. The molecule has 0 aliphatic heterocycles. The fourth-order valence-corrected chi connectivity index (χ4v) is 0.923. The molecular formula is C8H6FOP. The van der Waals surface area contributed by atoms with Crippen molar-refractivity contribution < 1.29 is 8.96 Å². The standard InChI is InChI=1S/C8H6FOP/c9-8-3-1-7(2-4-8)5-6-11-10/h1-6H. The molecule has 0 aliphatic rings. The summed E-state index contributed by atoms with van der Waals surface area (Å²) in [6, 6.07) is 5.97. The van der Waals surface area contributed by atoms with Crippen molar-refractivity contribution in [2.45, 2.75) is 0 Å². The number of hydrogen-bond donors (Lipinski definition) is 0. The average molecular weight is 168 g/mol. The summed E-state index contributed by atoms with van der Waals surface area (Å²) < 4.78 is 22.3. The highest BCUT2D eigenvalue weighted by Gasteiger charge is 1.87. The van der Waals surface area contributed by atoms with E-state index in [2.05, 4.69) is 0 Å². The van der Waals surface area contributed by atoms with Gasteiger partial charge in [0.15, 0.2) is 8.46 Å².